The fraction of sp³-hybridized carbons (Fsp3) is 0.278. The van der Waals surface area contributed by atoms with Crippen LogP contribution in [-0.4, -0.2) is 25.9 Å². The molecule has 1 amide bonds. The van der Waals surface area contributed by atoms with Crippen LogP contribution in [0.5, 0.6) is 17.2 Å². The third-order valence-corrected chi connectivity index (χ3v) is 4.10. The first-order valence-electron chi connectivity index (χ1n) is 7.83. The molecule has 0 spiro atoms. The quantitative estimate of drug-likeness (QED) is 0.826. The van der Waals surface area contributed by atoms with Crippen LogP contribution in [0, 0.1) is 0 Å². The molecular formula is C18H19ClN2O4. The van der Waals surface area contributed by atoms with Crippen LogP contribution in [0.15, 0.2) is 36.4 Å². The highest BCUT2D eigenvalue weighted by Gasteiger charge is 2.17. The summed E-state index contributed by atoms with van der Waals surface area (Å²) < 4.78 is 15.9. The van der Waals surface area contributed by atoms with Gasteiger partial charge in [0.1, 0.15) is 5.75 Å². The van der Waals surface area contributed by atoms with Crippen LogP contribution in [0.4, 0.5) is 5.69 Å². The normalized spacial score (nSPS) is 13.4. The molecular weight excluding hydrogens is 344 g/mol. The molecule has 25 heavy (non-hydrogen) atoms. The van der Waals surface area contributed by atoms with E-state index in [1.807, 2.05) is 18.2 Å². The van der Waals surface area contributed by atoms with Crippen molar-refractivity contribution in [1.29, 1.82) is 0 Å². The molecule has 0 fully saturated rings. The van der Waals surface area contributed by atoms with Crippen LogP contribution in [0.25, 0.3) is 0 Å². The van der Waals surface area contributed by atoms with Crippen LogP contribution >= 0.6 is 11.6 Å². The first-order valence-corrected chi connectivity index (χ1v) is 8.21. The van der Waals surface area contributed by atoms with Gasteiger partial charge in [-0.3, -0.25) is 4.79 Å². The lowest BCUT2D eigenvalue weighted by atomic mass is 10.2. The Morgan fingerprint density at radius 3 is 2.84 bits per heavy atom. The number of amides is 1. The second kappa shape index (κ2) is 7.63. The molecule has 0 unspecified atom stereocenters. The topological polar surface area (TPSA) is 68.8 Å². The van der Waals surface area contributed by atoms with Gasteiger partial charge in [-0.1, -0.05) is 17.7 Å². The minimum absolute atomic E-state index is 0.179. The lowest BCUT2D eigenvalue weighted by molar-refractivity contribution is -0.117. The van der Waals surface area contributed by atoms with Gasteiger partial charge in [0.2, 0.25) is 12.7 Å². The third kappa shape index (κ3) is 4.15. The average Bonchev–Trinajstić information content (AvgIpc) is 3.07. The molecule has 0 saturated carbocycles. The van der Waals surface area contributed by atoms with Gasteiger partial charge in [-0.2, -0.15) is 0 Å². The molecule has 2 aromatic rings. The summed E-state index contributed by atoms with van der Waals surface area (Å²) in [4.78, 5) is 12.4. The summed E-state index contributed by atoms with van der Waals surface area (Å²) in [7, 11) is 1.54. The number of anilines is 1. The minimum atomic E-state index is -0.408. The largest absolute Gasteiger partial charge is 0.495 e. The predicted octanol–water partition coefficient (Wildman–Crippen LogP) is 3.19. The fourth-order valence-electron chi connectivity index (χ4n) is 2.43. The van der Waals surface area contributed by atoms with E-state index in [-0.39, 0.29) is 12.7 Å². The molecule has 3 rings (SSSR count). The number of rotatable bonds is 6. The predicted molar refractivity (Wildman–Crippen MR) is 95.5 cm³/mol. The van der Waals surface area contributed by atoms with Crippen molar-refractivity contribution in [2.24, 2.45) is 0 Å². The van der Waals surface area contributed by atoms with Crippen LogP contribution < -0.4 is 24.8 Å². The zero-order valence-electron chi connectivity index (χ0n) is 14.0. The maximum absolute atomic E-state index is 12.4. The van der Waals surface area contributed by atoms with Crippen molar-refractivity contribution < 1.29 is 19.0 Å². The molecule has 7 heteroatoms. The van der Waals surface area contributed by atoms with E-state index in [9.17, 15) is 4.79 Å². The monoisotopic (exact) mass is 362 g/mol. The number of methoxy groups -OCH3 is 1. The standard InChI is InChI=1S/C18H19ClN2O4/c1-11(18(22)21-14-8-13(19)4-6-15(14)23-2)20-9-12-3-5-16-17(7-12)25-10-24-16/h3-8,11,20H,9-10H2,1-2H3,(H,21,22)/t11-/m0/s1. The lowest BCUT2D eigenvalue weighted by Gasteiger charge is -2.16. The van der Waals surface area contributed by atoms with Gasteiger partial charge < -0.3 is 24.8 Å². The van der Waals surface area contributed by atoms with E-state index < -0.39 is 6.04 Å². The number of halogens is 1. The molecule has 0 saturated heterocycles. The number of fused-ring (bicyclic) bond motifs is 1. The summed E-state index contributed by atoms with van der Waals surface area (Å²) in [6.07, 6.45) is 0. The van der Waals surface area contributed by atoms with Gasteiger partial charge >= 0.3 is 0 Å². The molecule has 6 nitrogen and oxygen atoms in total. The van der Waals surface area contributed by atoms with Crippen molar-refractivity contribution >= 4 is 23.2 Å². The SMILES string of the molecule is COc1ccc(Cl)cc1NC(=O)[C@H](C)NCc1ccc2c(c1)OCO2. The van der Waals surface area contributed by atoms with Crippen molar-refractivity contribution in [3.8, 4) is 17.2 Å². The average molecular weight is 363 g/mol. The maximum atomic E-state index is 12.4. The van der Waals surface area contributed by atoms with E-state index >= 15 is 0 Å². The van der Waals surface area contributed by atoms with Crippen LogP contribution in [0.3, 0.4) is 0 Å². The number of ether oxygens (including phenoxy) is 3. The Hall–Kier alpha value is -2.44. The lowest BCUT2D eigenvalue weighted by Crippen LogP contribution is -2.37. The van der Waals surface area contributed by atoms with Crippen molar-refractivity contribution in [3.05, 3.63) is 47.0 Å². The Morgan fingerprint density at radius 1 is 1.24 bits per heavy atom. The van der Waals surface area contributed by atoms with Gasteiger partial charge in [0.25, 0.3) is 0 Å². The second-order valence-corrected chi connectivity index (χ2v) is 6.06. The van der Waals surface area contributed by atoms with Crippen molar-refractivity contribution in [3.63, 3.8) is 0 Å². The van der Waals surface area contributed by atoms with Gasteiger partial charge in [-0.25, -0.2) is 0 Å². The number of hydrogen-bond donors (Lipinski definition) is 2. The molecule has 1 aliphatic heterocycles. The second-order valence-electron chi connectivity index (χ2n) is 5.62. The first-order chi connectivity index (χ1) is 12.1. The number of carbonyl (C=O) groups excluding carboxylic acids is 1. The highest BCUT2D eigenvalue weighted by atomic mass is 35.5. The Bertz CT molecular complexity index is 782. The summed E-state index contributed by atoms with van der Waals surface area (Å²) in [5, 5.41) is 6.53. The Morgan fingerprint density at radius 2 is 2.04 bits per heavy atom. The van der Waals surface area contributed by atoms with E-state index in [0.717, 1.165) is 17.1 Å². The van der Waals surface area contributed by atoms with Crippen LogP contribution in [0.1, 0.15) is 12.5 Å². The Balaban J connectivity index is 1.59. The summed E-state index contributed by atoms with van der Waals surface area (Å²) >= 11 is 5.98. The van der Waals surface area contributed by atoms with E-state index in [0.29, 0.717) is 23.0 Å². The van der Waals surface area contributed by atoms with Gasteiger partial charge in [-0.05, 0) is 42.8 Å². The first kappa shape index (κ1) is 17.4. The van der Waals surface area contributed by atoms with Gasteiger partial charge in [0, 0.05) is 11.6 Å². The summed E-state index contributed by atoms with van der Waals surface area (Å²) in [5.74, 6) is 1.84. The smallest absolute Gasteiger partial charge is 0.241 e. The molecule has 0 radical (unpaired) electrons. The number of benzene rings is 2. The van der Waals surface area contributed by atoms with Crippen molar-refractivity contribution in [2.45, 2.75) is 19.5 Å². The van der Waals surface area contributed by atoms with Gasteiger partial charge in [-0.15, -0.1) is 0 Å². The molecule has 2 aromatic carbocycles. The molecule has 1 atom stereocenters. The van der Waals surface area contributed by atoms with Crippen LogP contribution in [-0.2, 0) is 11.3 Å². The van der Waals surface area contributed by atoms with Gasteiger partial charge in [0.05, 0.1) is 18.8 Å². The van der Waals surface area contributed by atoms with E-state index in [1.54, 1.807) is 32.2 Å². The Kier molecular flexibility index (Phi) is 5.31. The zero-order chi connectivity index (χ0) is 17.8. The molecule has 0 aliphatic carbocycles. The van der Waals surface area contributed by atoms with Crippen molar-refractivity contribution in [2.75, 3.05) is 19.2 Å². The number of hydrogen-bond acceptors (Lipinski definition) is 5. The minimum Gasteiger partial charge on any atom is -0.495 e. The summed E-state index contributed by atoms with van der Waals surface area (Å²) in [6, 6.07) is 10.4. The highest BCUT2D eigenvalue weighted by molar-refractivity contribution is 6.31. The molecule has 0 aromatic heterocycles. The molecule has 1 aliphatic rings. The van der Waals surface area contributed by atoms with Crippen molar-refractivity contribution in [1.82, 2.24) is 5.32 Å². The molecule has 2 N–H and O–H groups in total. The molecule has 1 heterocycles. The summed E-state index contributed by atoms with van der Waals surface area (Å²) in [6.45, 7) is 2.56. The summed E-state index contributed by atoms with van der Waals surface area (Å²) in [5.41, 5.74) is 1.54. The maximum Gasteiger partial charge on any atom is 0.241 e. The van der Waals surface area contributed by atoms with E-state index in [2.05, 4.69) is 10.6 Å². The van der Waals surface area contributed by atoms with Gasteiger partial charge in [0.15, 0.2) is 11.5 Å². The molecule has 132 valence electrons. The number of carbonyl (C=O) groups is 1. The number of nitrogens with one attached hydrogen (secondary N) is 2. The fourth-order valence-corrected chi connectivity index (χ4v) is 2.61. The van der Waals surface area contributed by atoms with Crippen LogP contribution in [0.2, 0.25) is 5.02 Å². The molecule has 0 bridgehead atoms. The highest BCUT2D eigenvalue weighted by Crippen LogP contribution is 2.32. The zero-order valence-corrected chi connectivity index (χ0v) is 14.7. The van der Waals surface area contributed by atoms with E-state index in [4.69, 9.17) is 25.8 Å². The third-order valence-electron chi connectivity index (χ3n) is 3.86. The van der Waals surface area contributed by atoms with E-state index in [1.165, 1.54) is 0 Å². The Labute approximate surface area is 151 Å².